The van der Waals surface area contributed by atoms with E-state index in [0.29, 0.717) is 28.7 Å². The zero-order valence-electron chi connectivity index (χ0n) is 19.3. The van der Waals surface area contributed by atoms with Crippen molar-refractivity contribution >= 4 is 19.9 Å². The van der Waals surface area contributed by atoms with Crippen molar-refractivity contribution in [1.82, 2.24) is 0 Å². The maximum atomic E-state index is 13.8. The Balaban J connectivity index is 1.65. The number of carbonyl (C=O) groups excluding carboxylic acids is 2. The average molecular weight is 447 g/mol. The zero-order valence-corrected chi connectivity index (χ0v) is 20.3. The smallest absolute Gasteiger partial charge is 0.192 e. The van der Waals surface area contributed by atoms with Crippen molar-refractivity contribution in [3.05, 3.63) is 82.4 Å². The van der Waals surface area contributed by atoms with Gasteiger partial charge in [-0.3, -0.25) is 9.59 Å². The van der Waals surface area contributed by atoms with Crippen LogP contribution in [-0.4, -0.2) is 32.1 Å². The molecule has 0 saturated carbocycles. The molecule has 4 atom stereocenters. The van der Waals surface area contributed by atoms with Gasteiger partial charge in [0.05, 0.1) is 18.3 Å². The Hall–Kier alpha value is -2.34. The van der Waals surface area contributed by atoms with Gasteiger partial charge in [-0.25, -0.2) is 0 Å². The van der Waals surface area contributed by atoms with E-state index in [-0.39, 0.29) is 40.8 Å². The topological polar surface area (TPSA) is 55.9 Å². The fraction of sp³-hybridized carbons (Fsp3) is 0.407. The normalized spacial score (nSPS) is 25.7. The molecular weight excluding hydrogens is 416 g/mol. The van der Waals surface area contributed by atoms with Crippen LogP contribution in [0.1, 0.15) is 59.6 Å². The van der Waals surface area contributed by atoms with E-state index >= 15 is 0 Å². The molecule has 4 nitrogen and oxygen atoms in total. The first-order valence-electron chi connectivity index (χ1n) is 11.4. The van der Waals surface area contributed by atoms with E-state index in [2.05, 4.69) is 46.0 Å². The summed E-state index contributed by atoms with van der Waals surface area (Å²) in [4.78, 5) is 27.2. The highest BCUT2D eigenvalue weighted by Gasteiger charge is 2.58. The highest BCUT2D eigenvalue weighted by Crippen LogP contribution is 2.54. The monoisotopic (exact) mass is 446 g/mol. The first-order valence-corrected chi connectivity index (χ1v) is 14.3. The van der Waals surface area contributed by atoms with Crippen molar-refractivity contribution in [3.63, 3.8) is 0 Å². The van der Waals surface area contributed by atoms with Crippen molar-refractivity contribution in [1.29, 1.82) is 0 Å². The van der Waals surface area contributed by atoms with E-state index in [4.69, 9.17) is 9.16 Å². The predicted octanol–water partition coefficient (Wildman–Crippen LogP) is 5.91. The molecular formula is C27H30O4Si. The minimum absolute atomic E-state index is 0.00864. The Labute approximate surface area is 190 Å². The summed E-state index contributed by atoms with van der Waals surface area (Å²) in [6.07, 6.45) is 0.0666. The molecule has 0 bridgehead atoms. The van der Waals surface area contributed by atoms with Crippen LogP contribution in [0.25, 0.3) is 0 Å². The van der Waals surface area contributed by atoms with E-state index < -0.39 is 8.32 Å². The maximum absolute atomic E-state index is 13.8. The van der Waals surface area contributed by atoms with Crippen LogP contribution in [0.15, 0.2) is 65.7 Å². The molecule has 2 aromatic rings. The third-order valence-corrected chi connectivity index (χ3v) is 12.1. The van der Waals surface area contributed by atoms with E-state index in [0.717, 1.165) is 5.56 Å². The molecule has 1 heterocycles. The number of hydrogen-bond acceptors (Lipinski definition) is 4. The predicted molar refractivity (Wildman–Crippen MR) is 126 cm³/mol. The van der Waals surface area contributed by atoms with Crippen LogP contribution in [0.3, 0.4) is 0 Å². The van der Waals surface area contributed by atoms with Crippen LogP contribution in [-0.2, 0) is 9.16 Å². The average Bonchev–Trinajstić information content (AvgIpc) is 3.54. The van der Waals surface area contributed by atoms with Crippen LogP contribution < -0.4 is 0 Å². The number of ketones is 2. The van der Waals surface area contributed by atoms with Crippen LogP contribution in [0, 0.1) is 5.92 Å². The van der Waals surface area contributed by atoms with Gasteiger partial charge in [-0.2, -0.15) is 0 Å². The molecule has 2 aromatic carbocycles. The number of epoxide rings is 1. The lowest BCUT2D eigenvalue weighted by Crippen LogP contribution is -2.45. The van der Waals surface area contributed by atoms with Gasteiger partial charge in [-0.15, -0.1) is 0 Å². The van der Waals surface area contributed by atoms with Gasteiger partial charge >= 0.3 is 0 Å². The highest BCUT2D eigenvalue weighted by atomic mass is 28.4. The number of benzene rings is 2. The molecule has 0 unspecified atom stereocenters. The molecule has 32 heavy (non-hydrogen) atoms. The lowest BCUT2D eigenvalue weighted by atomic mass is 9.70. The van der Waals surface area contributed by atoms with Crippen molar-refractivity contribution in [3.8, 4) is 0 Å². The summed E-state index contributed by atoms with van der Waals surface area (Å²) in [5, 5.41) is 0.00864. The van der Waals surface area contributed by atoms with Crippen molar-refractivity contribution in [2.24, 2.45) is 5.92 Å². The third-order valence-electron chi connectivity index (χ3n) is 7.66. The van der Waals surface area contributed by atoms with Gasteiger partial charge in [0.15, 0.2) is 19.9 Å². The van der Waals surface area contributed by atoms with Crippen molar-refractivity contribution in [2.75, 3.05) is 0 Å². The number of ether oxygens (including phenoxy) is 1. The van der Waals surface area contributed by atoms with E-state index in [1.54, 1.807) is 12.1 Å². The fourth-order valence-corrected chi connectivity index (χ4v) is 6.08. The fourth-order valence-electron chi connectivity index (χ4n) is 4.81. The summed E-state index contributed by atoms with van der Waals surface area (Å²) in [6, 6.07) is 17.3. The molecule has 0 N–H and O–H groups in total. The summed E-state index contributed by atoms with van der Waals surface area (Å²) in [6.45, 7) is 11.1. The molecule has 1 fully saturated rings. The molecule has 5 heteroatoms. The van der Waals surface area contributed by atoms with Crippen LogP contribution in [0.5, 0.6) is 0 Å². The second kappa shape index (κ2) is 7.34. The Morgan fingerprint density at radius 3 is 2.16 bits per heavy atom. The van der Waals surface area contributed by atoms with Crippen LogP contribution >= 0.6 is 0 Å². The third kappa shape index (κ3) is 3.34. The Bertz CT molecular complexity index is 1130. The Morgan fingerprint density at radius 2 is 1.53 bits per heavy atom. The number of hydrogen-bond donors (Lipinski definition) is 0. The first kappa shape index (κ1) is 21.5. The van der Waals surface area contributed by atoms with Gasteiger partial charge in [0.1, 0.15) is 0 Å². The molecule has 166 valence electrons. The molecule has 0 radical (unpaired) electrons. The van der Waals surface area contributed by atoms with Gasteiger partial charge in [0, 0.05) is 34.6 Å². The standard InChI is InChI=1S/C27H30O4Si/c1-27(2,3)32(4,5)31-25(16-11-7-6-8-12-16)22-21-19(15-20-26(22)30-20)23(28)17-13-9-10-14-18(17)24(21)29/h6-14,20,22,25-26H,15H2,1-5H3/t20-,22-,25+,26-/m1/s1. The van der Waals surface area contributed by atoms with Crippen LogP contribution in [0.2, 0.25) is 18.1 Å². The quantitative estimate of drug-likeness (QED) is 0.433. The van der Waals surface area contributed by atoms with Gasteiger partial charge in [0.25, 0.3) is 0 Å². The SMILES string of the molecule is CC(C)(C)[Si](C)(C)O[C@@H](c1ccccc1)[C@H]1C2=C(C[C@H]3O[C@@H]13)C(=O)c1ccccc1C2=O. The van der Waals surface area contributed by atoms with Crippen LogP contribution in [0.4, 0.5) is 0 Å². The summed E-state index contributed by atoms with van der Waals surface area (Å²) in [5.74, 6) is -0.368. The zero-order chi connectivity index (χ0) is 22.8. The molecule has 2 aliphatic carbocycles. The van der Waals surface area contributed by atoms with Crippen molar-refractivity contribution < 1.29 is 18.8 Å². The Kier molecular flexibility index (Phi) is 4.93. The summed E-state index contributed by atoms with van der Waals surface area (Å²) >= 11 is 0. The van der Waals surface area contributed by atoms with E-state index in [1.807, 2.05) is 30.3 Å². The Morgan fingerprint density at radius 1 is 0.938 bits per heavy atom. The number of carbonyl (C=O) groups is 2. The second-order valence-corrected chi connectivity index (χ2v) is 15.4. The van der Waals surface area contributed by atoms with Crippen molar-refractivity contribution in [2.45, 2.75) is 63.6 Å². The molecule has 0 amide bonds. The highest BCUT2D eigenvalue weighted by molar-refractivity contribution is 6.74. The lowest BCUT2D eigenvalue weighted by Gasteiger charge is -2.43. The van der Waals surface area contributed by atoms with E-state index in [1.165, 1.54) is 0 Å². The minimum atomic E-state index is -2.19. The van der Waals surface area contributed by atoms with Gasteiger partial charge in [-0.1, -0.05) is 75.4 Å². The maximum Gasteiger partial charge on any atom is 0.192 e. The number of rotatable bonds is 4. The molecule has 3 aliphatic rings. The first-order chi connectivity index (χ1) is 15.1. The molecule has 0 spiro atoms. The molecule has 1 aliphatic heterocycles. The van der Waals surface area contributed by atoms with Gasteiger partial charge in [-0.05, 0) is 23.7 Å². The summed E-state index contributed by atoms with van der Waals surface area (Å²) in [5.41, 5.74) is 3.27. The number of fused-ring (bicyclic) bond motifs is 2. The summed E-state index contributed by atoms with van der Waals surface area (Å²) in [7, 11) is -2.19. The summed E-state index contributed by atoms with van der Waals surface area (Å²) < 4.78 is 13.1. The molecule has 0 aromatic heterocycles. The molecule has 1 saturated heterocycles. The lowest BCUT2D eigenvalue weighted by molar-refractivity contribution is 0.0874. The van der Waals surface area contributed by atoms with E-state index in [9.17, 15) is 9.59 Å². The molecule has 5 rings (SSSR count). The number of Topliss-reactive ketones (excluding diaryl/α,β-unsaturated/α-hetero) is 2. The van der Waals surface area contributed by atoms with Gasteiger partial charge in [0.2, 0.25) is 0 Å². The largest absolute Gasteiger partial charge is 0.409 e. The second-order valence-electron chi connectivity index (χ2n) is 10.7. The minimum Gasteiger partial charge on any atom is -0.409 e. The van der Waals surface area contributed by atoms with Gasteiger partial charge < -0.3 is 9.16 Å².